The molecule has 3 N–H and O–H groups in total. The molecular weight excluding hydrogens is 400 g/mol. The van der Waals surface area contributed by atoms with E-state index in [4.69, 9.17) is 9.47 Å². The highest BCUT2D eigenvalue weighted by Crippen LogP contribution is 2.34. The summed E-state index contributed by atoms with van der Waals surface area (Å²) in [5.41, 5.74) is 1.55. The van der Waals surface area contributed by atoms with Crippen LogP contribution < -0.4 is 25.4 Å². The fraction of sp³-hybridized carbons (Fsp3) is 0.318. The van der Waals surface area contributed by atoms with Crippen molar-refractivity contribution in [3.63, 3.8) is 0 Å². The van der Waals surface area contributed by atoms with Crippen molar-refractivity contribution in [1.29, 1.82) is 0 Å². The zero-order chi connectivity index (χ0) is 21.6. The molecule has 2 heterocycles. The number of likely N-dealkylation sites (tertiary alicyclic amines) is 1. The number of imide groups is 1. The molecule has 0 aliphatic carbocycles. The van der Waals surface area contributed by atoms with Gasteiger partial charge in [0.25, 0.3) is 5.91 Å². The number of rotatable bonds is 5. The Balaban J connectivity index is 1.30. The first-order chi connectivity index (χ1) is 15.1. The molecule has 9 nitrogen and oxygen atoms in total. The van der Waals surface area contributed by atoms with E-state index in [0.717, 1.165) is 32.4 Å². The van der Waals surface area contributed by atoms with Gasteiger partial charge in [0.1, 0.15) is 0 Å². The average molecular weight is 424 g/mol. The molecule has 0 atom stereocenters. The van der Waals surface area contributed by atoms with Crippen LogP contribution in [0.2, 0.25) is 0 Å². The summed E-state index contributed by atoms with van der Waals surface area (Å²) in [5, 5.41) is 7.80. The molecule has 0 radical (unpaired) electrons. The number of hydrogen-bond acceptors (Lipinski definition) is 6. The fourth-order valence-electron chi connectivity index (χ4n) is 3.57. The number of para-hydroxylation sites is 1. The highest BCUT2D eigenvalue weighted by atomic mass is 16.7. The van der Waals surface area contributed by atoms with Gasteiger partial charge >= 0.3 is 6.03 Å². The first kappa shape index (κ1) is 20.5. The predicted octanol–water partition coefficient (Wildman–Crippen LogP) is 2.80. The quantitative estimate of drug-likeness (QED) is 0.681. The number of benzene rings is 2. The molecule has 0 spiro atoms. The van der Waals surface area contributed by atoms with E-state index < -0.39 is 11.9 Å². The minimum Gasteiger partial charge on any atom is -0.454 e. The van der Waals surface area contributed by atoms with Gasteiger partial charge in [0.2, 0.25) is 12.7 Å². The SMILES string of the molecule is O=C(CNc1ccccc1C(=O)N1CCCCC1)NC(=O)Nc1ccc2c(c1)OCO2. The third kappa shape index (κ3) is 5.06. The lowest BCUT2D eigenvalue weighted by Gasteiger charge is -2.27. The van der Waals surface area contributed by atoms with E-state index in [2.05, 4.69) is 16.0 Å². The van der Waals surface area contributed by atoms with Crippen LogP contribution >= 0.6 is 0 Å². The zero-order valence-corrected chi connectivity index (χ0v) is 17.0. The van der Waals surface area contributed by atoms with Crippen molar-refractivity contribution in [3.05, 3.63) is 48.0 Å². The Labute approximate surface area is 179 Å². The summed E-state index contributed by atoms with van der Waals surface area (Å²) in [6, 6.07) is 11.4. The Hall–Kier alpha value is -3.75. The van der Waals surface area contributed by atoms with Gasteiger partial charge in [-0.05, 0) is 43.5 Å². The lowest BCUT2D eigenvalue weighted by Crippen LogP contribution is -2.38. The predicted molar refractivity (Wildman–Crippen MR) is 114 cm³/mol. The lowest BCUT2D eigenvalue weighted by molar-refractivity contribution is -0.118. The molecule has 2 aliphatic rings. The molecular formula is C22H24N4O5. The van der Waals surface area contributed by atoms with Crippen molar-refractivity contribution in [1.82, 2.24) is 10.2 Å². The highest BCUT2D eigenvalue weighted by Gasteiger charge is 2.21. The summed E-state index contributed by atoms with van der Waals surface area (Å²) in [4.78, 5) is 39.0. The summed E-state index contributed by atoms with van der Waals surface area (Å²) in [6.07, 6.45) is 3.14. The van der Waals surface area contributed by atoms with Gasteiger partial charge in [0.15, 0.2) is 11.5 Å². The van der Waals surface area contributed by atoms with Crippen LogP contribution in [0.4, 0.5) is 16.2 Å². The molecule has 162 valence electrons. The molecule has 31 heavy (non-hydrogen) atoms. The van der Waals surface area contributed by atoms with Gasteiger partial charge in [-0.15, -0.1) is 0 Å². The molecule has 0 aromatic heterocycles. The summed E-state index contributed by atoms with van der Waals surface area (Å²) in [5.74, 6) is 0.548. The second-order valence-electron chi connectivity index (χ2n) is 7.32. The number of anilines is 2. The van der Waals surface area contributed by atoms with Crippen LogP contribution in [0.15, 0.2) is 42.5 Å². The maximum atomic E-state index is 12.8. The number of piperidine rings is 1. The molecule has 0 bridgehead atoms. The van der Waals surface area contributed by atoms with Crippen molar-refractivity contribution >= 4 is 29.2 Å². The number of amides is 4. The summed E-state index contributed by atoms with van der Waals surface area (Å²) < 4.78 is 10.5. The maximum Gasteiger partial charge on any atom is 0.325 e. The number of nitrogens with zero attached hydrogens (tertiary/aromatic N) is 1. The van der Waals surface area contributed by atoms with E-state index in [-0.39, 0.29) is 19.2 Å². The number of fused-ring (bicyclic) bond motifs is 1. The van der Waals surface area contributed by atoms with E-state index in [1.807, 2.05) is 4.90 Å². The monoisotopic (exact) mass is 424 g/mol. The molecule has 2 aromatic carbocycles. The van der Waals surface area contributed by atoms with Crippen molar-refractivity contribution in [2.75, 3.05) is 37.1 Å². The van der Waals surface area contributed by atoms with Crippen molar-refractivity contribution in [2.45, 2.75) is 19.3 Å². The average Bonchev–Trinajstić information content (AvgIpc) is 3.26. The first-order valence-electron chi connectivity index (χ1n) is 10.2. The smallest absolute Gasteiger partial charge is 0.325 e. The normalized spacial score (nSPS) is 14.6. The molecule has 9 heteroatoms. The number of hydrogen-bond donors (Lipinski definition) is 3. The van der Waals surface area contributed by atoms with Gasteiger partial charge in [-0.1, -0.05) is 12.1 Å². The Bertz CT molecular complexity index is 988. The van der Waals surface area contributed by atoms with E-state index in [0.29, 0.717) is 28.4 Å². The highest BCUT2D eigenvalue weighted by molar-refractivity contribution is 6.03. The van der Waals surface area contributed by atoms with Crippen LogP contribution in [-0.2, 0) is 4.79 Å². The maximum absolute atomic E-state index is 12.8. The summed E-state index contributed by atoms with van der Waals surface area (Å²) in [6.45, 7) is 1.47. The molecule has 2 aromatic rings. The second kappa shape index (κ2) is 9.38. The fourth-order valence-corrected chi connectivity index (χ4v) is 3.57. The standard InChI is InChI=1S/C22H24N4O5/c27-20(25-22(29)24-15-8-9-18-19(12-15)31-14-30-18)13-23-17-7-3-2-6-16(17)21(28)26-10-4-1-5-11-26/h2-3,6-9,12,23H,1,4-5,10-11,13-14H2,(H2,24,25,27,29). The molecule has 1 saturated heterocycles. The van der Waals surface area contributed by atoms with Crippen LogP contribution in [-0.4, -0.2) is 49.2 Å². The number of nitrogens with one attached hydrogen (secondary N) is 3. The lowest BCUT2D eigenvalue weighted by atomic mass is 10.1. The van der Waals surface area contributed by atoms with Gasteiger partial charge in [0, 0.05) is 30.5 Å². The van der Waals surface area contributed by atoms with E-state index in [1.54, 1.807) is 42.5 Å². The third-order valence-corrected chi connectivity index (χ3v) is 5.12. The molecule has 0 unspecified atom stereocenters. The summed E-state index contributed by atoms with van der Waals surface area (Å²) >= 11 is 0. The van der Waals surface area contributed by atoms with Gasteiger partial charge in [-0.3, -0.25) is 14.9 Å². The van der Waals surface area contributed by atoms with Crippen LogP contribution in [0.3, 0.4) is 0 Å². The van der Waals surface area contributed by atoms with E-state index in [1.165, 1.54) is 0 Å². The van der Waals surface area contributed by atoms with E-state index >= 15 is 0 Å². The third-order valence-electron chi connectivity index (χ3n) is 5.12. The van der Waals surface area contributed by atoms with Crippen LogP contribution in [0, 0.1) is 0 Å². The molecule has 4 rings (SSSR count). The topological polar surface area (TPSA) is 109 Å². The van der Waals surface area contributed by atoms with Crippen LogP contribution in [0.5, 0.6) is 11.5 Å². The Morgan fingerprint density at radius 1 is 0.935 bits per heavy atom. The van der Waals surface area contributed by atoms with E-state index in [9.17, 15) is 14.4 Å². The first-order valence-corrected chi connectivity index (χ1v) is 10.2. The molecule has 0 saturated carbocycles. The second-order valence-corrected chi connectivity index (χ2v) is 7.32. The number of ether oxygens (including phenoxy) is 2. The Morgan fingerprint density at radius 3 is 2.55 bits per heavy atom. The van der Waals surface area contributed by atoms with Crippen molar-refractivity contribution in [3.8, 4) is 11.5 Å². The number of carbonyl (C=O) groups excluding carboxylic acids is 3. The van der Waals surface area contributed by atoms with Crippen LogP contribution in [0.1, 0.15) is 29.6 Å². The van der Waals surface area contributed by atoms with Gasteiger partial charge in [0.05, 0.1) is 12.1 Å². The minimum atomic E-state index is -0.664. The Morgan fingerprint density at radius 2 is 1.71 bits per heavy atom. The molecule has 2 aliphatic heterocycles. The van der Waals surface area contributed by atoms with Gasteiger partial charge in [-0.2, -0.15) is 0 Å². The zero-order valence-electron chi connectivity index (χ0n) is 17.0. The minimum absolute atomic E-state index is 0.0521. The Kier molecular flexibility index (Phi) is 6.21. The van der Waals surface area contributed by atoms with Crippen molar-refractivity contribution in [2.24, 2.45) is 0 Å². The van der Waals surface area contributed by atoms with Gasteiger partial charge < -0.3 is 25.0 Å². The largest absolute Gasteiger partial charge is 0.454 e. The molecule has 4 amide bonds. The number of urea groups is 1. The molecule has 1 fully saturated rings. The van der Waals surface area contributed by atoms with Crippen LogP contribution in [0.25, 0.3) is 0 Å². The van der Waals surface area contributed by atoms with Gasteiger partial charge in [-0.25, -0.2) is 4.79 Å². The van der Waals surface area contributed by atoms with Crippen molar-refractivity contribution < 1.29 is 23.9 Å². The number of carbonyl (C=O) groups is 3. The summed E-state index contributed by atoms with van der Waals surface area (Å²) in [7, 11) is 0.